The summed E-state index contributed by atoms with van der Waals surface area (Å²) in [6.07, 6.45) is 4.91. The molecular weight excluding hydrogens is 331 g/mol. The second kappa shape index (κ2) is 8.25. The van der Waals surface area contributed by atoms with Crippen molar-refractivity contribution in [1.82, 2.24) is 9.78 Å². The minimum absolute atomic E-state index is 0.305. The number of carbonyl (C=O) groups excluding carboxylic acids is 1. The molecule has 0 atom stereocenters. The van der Waals surface area contributed by atoms with E-state index in [1.165, 1.54) is 18.2 Å². The largest absolute Gasteiger partial charge is 0.463 e. The van der Waals surface area contributed by atoms with Gasteiger partial charge in [-0.1, -0.05) is 30.3 Å². The summed E-state index contributed by atoms with van der Waals surface area (Å²) in [6, 6.07) is 16.1. The number of rotatable bonds is 6. The predicted molar refractivity (Wildman–Crippen MR) is 98.8 cm³/mol. The van der Waals surface area contributed by atoms with Gasteiger partial charge in [0.15, 0.2) is 0 Å². The standard InChI is InChI=1S/C21H19FN2O2/c1-2-26-20(25)13-10-18-15-24(14-16-6-4-3-5-7-16)23-21(18)17-8-11-19(22)12-9-17/h3-13,15H,2,14H2,1H3. The number of hydrogen-bond acceptors (Lipinski definition) is 3. The topological polar surface area (TPSA) is 44.1 Å². The van der Waals surface area contributed by atoms with Gasteiger partial charge in [0.1, 0.15) is 5.82 Å². The van der Waals surface area contributed by atoms with E-state index in [2.05, 4.69) is 5.10 Å². The van der Waals surface area contributed by atoms with E-state index in [1.54, 1.807) is 29.8 Å². The molecule has 0 amide bonds. The average Bonchev–Trinajstić information content (AvgIpc) is 3.04. The highest BCUT2D eigenvalue weighted by Crippen LogP contribution is 2.24. The van der Waals surface area contributed by atoms with Crippen LogP contribution < -0.4 is 0 Å². The fourth-order valence-electron chi connectivity index (χ4n) is 2.59. The van der Waals surface area contributed by atoms with Gasteiger partial charge in [-0.25, -0.2) is 9.18 Å². The van der Waals surface area contributed by atoms with Crippen molar-refractivity contribution in [2.24, 2.45) is 0 Å². The molecular formula is C21H19FN2O2. The van der Waals surface area contributed by atoms with Crippen molar-refractivity contribution in [3.63, 3.8) is 0 Å². The van der Waals surface area contributed by atoms with E-state index in [0.29, 0.717) is 18.8 Å². The van der Waals surface area contributed by atoms with Gasteiger partial charge in [-0.15, -0.1) is 0 Å². The second-order valence-electron chi connectivity index (χ2n) is 5.71. The number of halogens is 1. The highest BCUT2D eigenvalue weighted by molar-refractivity contribution is 5.88. The molecule has 0 radical (unpaired) electrons. The predicted octanol–water partition coefficient (Wildman–Crippen LogP) is 4.31. The molecule has 5 heteroatoms. The first kappa shape index (κ1) is 17.6. The van der Waals surface area contributed by atoms with Crippen LogP contribution in [0.4, 0.5) is 4.39 Å². The Morgan fingerprint density at radius 3 is 2.58 bits per heavy atom. The monoisotopic (exact) mass is 350 g/mol. The second-order valence-corrected chi connectivity index (χ2v) is 5.71. The molecule has 132 valence electrons. The number of hydrogen-bond donors (Lipinski definition) is 0. The van der Waals surface area contributed by atoms with Crippen LogP contribution >= 0.6 is 0 Å². The summed E-state index contributed by atoms with van der Waals surface area (Å²) in [7, 11) is 0. The van der Waals surface area contributed by atoms with E-state index in [1.807, 2.05) is 36.5 Å². The Labute approximate surface area is 151 Å². The van der Waals surface area contributed by atoms with Crippen LogP contribution in [0.15, 0.2) is 66.9 Å². The van der Waals surface area contributed by atoms with Crippen LogP contribution in [0.1, 0.15) is 18.1 Å². The number of esters is 1. The molecule has 0 spiro atoms. The molecule has 0 aliphatic carbocycles. The van der Waals surface area contributed by atoms with E-state index in [0.717, 1.165) is 16.7 Å². The van der Waals surface area contributed by atoms with E-state index in [9.17, 15) is 9.18 Å². The number of carbonyl (C=O) groups is 1. The van der Waals surface area contributed by atoms with Crippen molar-refractivity contribution >= 4 is 12.0 Å². The van der Waals surface area contributed by atoms with Crippen molar-refractivity contribution < 1.29 is 13.9 Å². The quantitative estimate of drug-likeness (QED) is 0.491. The lowest BCUT2D eigenvalue weighted by molar-refractivity contribution is -0.137. The molecule has 0 aliphatic rings. The minimum Gasteiger partial charge on any atom is -0.463 e. The summed E-state index contributed by atoms with van der Waals surface area (Å²) >= 11 is 0. The smallest absolute Gasteiger partial charge is 0.330 e. The lowest BCUT2D eigenvalue weighted by Crippen LogP contribution is -2.00. The van der Waals surface area contributed by atoms with Gasteiger partial charge in [-0.2, -0.15) is 5.10 Å². The van der Waals surface area contributed by atoms with E-state index in [4.69, 9.17) is 4.74 Å². The zero-order chi connectivity index (χ0) is 18.4. The third kappa shape index (κ3) is 4.45. The molecule has 3 rings (SSSR count). The summed E-state index contributed by atoms with van der Waals surface area (Å²) in [6.45, 7) is 2.68. The maximum absolute atomic E-state index is 13.2. The van der Waals surface area contributed by atoms with Crippen molar-refractivity contribution in [1.29, 1.82) is 0 Å². The number of ether oxygens (including phenoxy) is 1. The van der Waals surface area contributed by atoms with Gasteiger partial charge in [0.05, 0.1) is 18.8 Å². The Balaban J connectivity index is 1.94. The molecule has 2 aromatic carbocycles. The summed E-state index contributed by atoms with van der Waals surface area (Å²) in [5.74, 6) is -0.713. The molecule has 0 saturated heterocycles. The van der Waals surface area contributed by atoms with Gasteiger partial charge < -0.3 is 4.74 Å². The molecule has 0 bridgehead atoms. The van der Waals surface area contributed by atoms with Gasteiger partial charge in [-0.05, 0) is 42.8 Å². The highest BCUT2D eigenvalue weighted by Gasteiger charge is 2.10. The lowest BCUT2D eigenvalue weighted by Gasteiger charge is -2.01. The Morgan fingerprint density at radius 2 is 1.88 bits per heavy atom. The van der Waals surface area contributed by atoms with Crippen molar-refractivity contribution in [2.75, 3.05) is 6.61 Å². The molecule has 0 fully saturated rings. The summed E-state index contributed by atoms with van der Waals surface area (Å²) in [5, 5.41) is 4.62. The van der Waals surface area contributed by atoms with Crippen LogP contribution in [0.3, 0.4) is 0 Å². The first-order valence-corrected chi connectivity index (χ1v) is 8.38. The van der Waals surface area contributed by atoms with Crippen LogP contribution in [0.5, 0.6) is 0 Å². The van der Waals surface area contributed by atoms with Gasteiger partial charge >= 0.3 is 5.97 Å². The summed E-state index contributed by atoms with van der Waals surface area (Å²) in [4.78, 5) is 11.6. The first-order chi connectivity index (χ1) is 12.7. The maximum Gasteiger partial charge on any atom is 0.330 e. The Kier molecular flexibility index (Phi) is 5.59. The normalized spacial score (nSPS) is 11.0. The first-order valence-electron chi connectivity index (χ1n) is 8.38. The minimum atomic E-state index is -0.409. The number of nitrogens with zero attached hydrogens (tertiary/aromatic N) is 2. The SMILES string of the molecule is CCOC(=O)C=Cc1cn(Cc2ccccc2)nc1-c1ccc(F)cc1. The van der Waals surface area contributed by atoms with Crippen LogP contribution in [-0.4, -0.2) is 22.4 Å². The molecule has 1 heterocycles. The number of benzene rings is 2. The fourth-order valence-corrected chi connectivity index (χ4v) is 2.59. The zero-order valence-corrected chi connectivity index (χ0v) is 14.4. The molecule has 3 aromatic rings. The lowest BCUT2D eigenvalue weighted by atomic mass is 10.1. The maximum atomic E-state index is 13.2. The third-order valence-electron chi connectivity index (χ3n) is 3.78. The van der Waals surface area contributed by atoms with E-state index in [-0.39, 0.29) is 5.82 Å². The molecule has 1 aromatic heterocycles. The van der Waals surface area contributed by atoms with Crippen molar-refractivity contribution in [3.05, 3.63) is 83.8 Å². The molecule has 0 unspecified atom stereocenters. The molecule has 4 nitrogen and oxygen atoms in total. The number of aromatic nitrogens is 2. The summed E-state index contributed by atoms with van der Waals surface area (Å²) in [5.41, 5.74) is 3.34. The van der Waals surface area contributed by atoms with E-state index < -0.39 is 5.97 Å². The average molecular weight is 350 g/mol. The van der Waals surface area contributed by atoms with Crippen LogP contribution in [-0.2, 0) is 16.1 Å². The van der Waals surface area contributed by atoms with Gasteiger partial charge in [-0.3, -0.25) is 4.68 Å². The Hall–Kier alpha value is -3.21. The highest BCUT2D eigenvalue weighted by atomic mass is 19.1. The van der Waals surface area contributed by atoms with Crippen LogP contribution in [0.2, 0.25) is 0 Å². The summed E-state index contributed by atoms with van der Waals surface area (Å²) < 4.78 is 20.0. The van der Waals surface area contributed by atoms with Crippen LogP contribution in [0, 0.1) is 5.82 Å². The molecule has 26 heavy (non-hydrogen) atoms. The van der Waals surface area contributed by atoms with Crippen LogP contribution in [0.25, 0.3) is 17.3 Å². The molecule has 0 aliphatic heterocycles. The van der Waals surface area contributed by atoms with Crippen molar-refractivity contribution in [2.45, 2.75) is 13.5 Å². The fraction of sp³-hybridized carbons (Fsp3) is 0.143. The zero-order valence-electron chi connectivity index (χ0n) is 14.4. The Bertz CT molecular complexity index is 900. The van der Waals surface area contributed by atoms with Gasteiger partial charge in [0.2, 0.25) is 0 Å². The van der Waals surface area contributed by atoms with Crippen molar-refractivity contribution in [3.8, 4) is 11.3 Å². The third-order valence-corrected chi connectivity index (χ3v) is 3.78. The van der Waals surface area contributed by atoms with Gasteiger partial charge in [0, 0.05) is 23.4 Å². The van der Waals surface area contributed by atoms with E-state index >= 15 is 0 Å². The molecule has 0 saturated carbocycles. The van der Waals surface area contributed by atoms with Gasteiger partial charge in [0.25, 0.3) is 0 Å². The molecule has 0 N–H and O–H groups in total. The Morgan fingerprint density at radius 1 is 1.15 bits per heavy atom.